The standard InChI is InChI=1S/C13H18N2O3S/c1-19(18)8-10-6-11(14)2-3-12(10)9-4-5-15(7-9)13(16)17/h2-3,6,9H,4-5,7-8,14H2,1H3,(H,16,17)/t9-,19?/m0/s1. The van der Waals surface area contributed by atoms with Crippen molar-refractivity contribution in [1.82, 2.24) is 4.90 Å². The molecule has 0 spiro atoms. The van der Waals surface area contributed by atoms with Crippen molar-refractivity contribution in [2.24, 2.45) is 0 Å². The molecule has 0 aromatic heterocycles. The Morgan fingerprint density at radius 1 is 1.63 bits per heavy atom. The summed E-state index contributed by atoms with van der Waals surface area (Å²) in [5.74, 6) is 0.638. The minimum absolute atomic E-state index is 0.176. The Morgan fingerprint density at radius 2 is 2.37 bits per heavy atom. The van der Waals surface area contributed by atoms with Crippen LogP contribution in [0.4, 0.5) is 10.5 Å². The molecule has 104 valence electrons. The number of carboxylic acid groups (broad SMARTS) is 1. The average Bonchev–Trinajstić information content (AvgIpc) is 2.77. The number of nitrogens with zero attached hydrogens (tertiary/aromatic N) is 1. The highest BCUT2D eigenvalue weighted by molar-refractivity contribution is 7.89. The molecule has 2 rings (SSSR count). The van der Waals surface area contributed by atoms with Gasteiger partial charge in [0.05, 0.1) is 6.26 Å². The summed E-state index contributed by atoms with van der Waals surface area (Å²) >= 11 is -0.938. The van der Waals surface area contributed by atoms with Gasteiger partial charge in [-0.1, -0.05) is 17.2 Å². The Hall–Kier alpha value is -1.40. The predicted octanol–water partition coefficient (Wildman–Crippen LogP) is 1.61. The topological polar surface area (TPSA) is 89.6 Å². The number of hydrogen-bond donors (Lipinski definition) is 2. The van der Waals surface area contributed by atoms with Gasteiger partial charge in [-0.15, -0.1) is 0 Å². The Balaban J connectivity index is 2.22. The quantitative estimate of drug-likeness (QED) is 0.651. The smallest absolute Gasteiger partial charge is 0.407 e. The summed E-state index contributed by atoms with van der Waals surface area (Å²) in [5.41, 5.74) is 8.47. The van der Waals surface area contributed by atoms with Gasteiger partial charge in [-0.2, -0.15) is 0 Å². The number of nitrogen functional groups attached to an aromatic ring is 1. The summed E-state index contributed by atoms with van der Waals surface area (Å²) in [7, 11) is 0. The van der Waals surface area contributed by atoms with Gasteiger partial charge >= 0.3 is 6.09 Å². The third-order valence-electron chi connectivity index (χ3n) is 3.42. The number of hydrogen-bond acceptors (Lipinski definition) is 3. The third kappa shape index (κ3) is 3.33. The van der Waals surface area contributed by atoms with E-state index in [9.17, 15) is 9.35 Å². The third-order valence-corrected chi connectivity index (χ3v) is 4.14. The average molecular weight is 282 g/mol. The maximum atomic E-state index is 11.4. The summed E-state index contributed by atoms with van der Waals surface area (Å²) in [5, 5.41) is 8.99. The Labute approximate surface area is 115 Å². The minimum atomic E-state index is -0.938. The first-order valence-electron chi connectivity index (χ1n) is 6.13. The second-order valence-electron chi connectivity index (χ2n) is 4.89. The molecule has 0 bridgehead atoms. The highest BCUT2D eigenvalue weighted by Gasteiger charge is 2.28. The van der Waals surface area contributed by atoms with Crippen LogP contribution in [-0.4, -0.2) is 40.0 Å². The lowest BCUT2D eigenvalue weighted by molar-refractivity contribution is 0.155. The van der Waals surface area contributed by atoms with Gasteiger partial charge in [0, 0.05) is 30.3 Å². The van der Waals surface area contributed by atoms with Crippen LogP contribution in [0, 0.1) is 0 Å². The van der Waals surface area contributed by atoms with Crippen LogP contribution >= 0.6 is 0 Å². The van der Waals surface area contributed by atoms with Crippen LogP contribution in [0.5, 0.6) is 0 Å². The lowest BCUT2D eigenvalue weighted by atomic mass is 9.94. The van der Waals surface area contributed by atoms with Gasteiger partial charge in [0.25, 0.3) is 0 Å². The Bertz CT molecular complexity index is 479. The molecule has 1 aromatic carbocycles. The zero-order valence-electron chi connectivity index (χ0n) is 10.8. The normalized spacial score (nSPS) is 20.5. The maximum Gasteiger partial charge on any atom is 0.407 e. The minimum Gasteiger partial charge on any atom is -0.616 e. The lowest BCUT2D eigenvalue weighted by Gasteiger charge is -2.17. The van der Waals surface area contributed by atoms with E-state index in [0.717, 1.165) is 17.5 Å². The fraction of sp³-hybridized carbons (Fsp3) is 0.462. The van der Waals surface area contributed by atoms with Gasteiger partial charge in [-0.25, -0.2) is 4.79 Å². The summed E-state index contributed by atoms with van der Waals surface area (Å²) in [6, 6.07) is 5.61. The first-order chi connectivity index (χ1) is 8.97. The van der Waals surface area contributed by atoms with E-state index in [2.05, 4.69) is 0 Å². The number of anilines is 1. The van der Waals surface area contributed by atoms with Crippen molar-refractivity contribution in [2.75, 3.05) is 25.1 Å². The number of carbonyl (C=O) groups is 1. The molecule has 1 fully saturated rings. The number of likely N-dealkylation sites (tertiary alicyclic amines) is 1. The predicted molar refractivity (Wildman–Crippen MR) is 75.6 cm³/mol. The molecule has 1 amide bonds. The van der Waals surface area contributed by atoms with Gasteiger partial charge in [-0.05, 0) is 24.1 Å². The summed E-state index contributed by atoms with van der Waals surface area (Å²) in [6.45, 7) is 1.06. The van der Waals surface area contributed by atoms with Crippen molar-refractivity contribution in [2.45, 2.75) is 18.1 Å². The molecule has 1 unspecified atom stereocenters. The SMILES string of the molecule is C[S+]([O-])Cc1cc(N)ccc1[C@H]1CCN(C(=O)O)C1. The Morgan fingerprint density at radius 3 is 2.95 bits per heavy atom. The van der Waals surface area contributed by atoms with E-state index >= 15 is 0 Å². The molecule has 5 nitrogen and oxygen atoms in total. The zero-order valence-corrected chi connectivity index (χ0v) is 11.7. The number of nitrogens with two attached hydrogens (primary N) is 1. The van der Waals surface area contributed by atoms with Crippen molar-refractivity contribution in [1.29, 1.82) is 0 Å². The molecule has 1 aliphatic heterocycles. The maximum absolute atomic E-state index is 11.4. The van der Waals surface area contributed by atoms with Crippen molar-refractivity contribution in [3.8, 4) is 0 Å². The van der Waals surface area contributed by atoms with E-state index in [1.807, 2.05) is 18.2 Å². The van der Waals surface area contributed by atoms with Gasteiger partial charge in [0.2, 0.25) is 0 Å². The van der Waals surface area contributed by atoms with E-state index in [4.69, 9.17) is 10.8 Å². The zero-order chi connectivity index (χ0) is 14.0. The molecule has 3 N–H and O–H groups in total. The van der Waals surface area contributed by atoms with Crippen molar-refractivity contribution in [3.05, 3.63) is 29.3 Å². The molecule has 1 heterocycles. The van der Waals surface area contributed by atoms with Gasteiger partial charge in [-0.3, -0.25) is 0 Å². The fourth-order valence-corrected chi connectivity index (χ4v) is 3.24. The summed E-state index contributed by atoms with van der Waals surface area (Å²) in [4.78, 5) is 12.4. The van der Waals surface area contributed by atoms with Crippen LogP contribution in [0.15, 0.2) is 18.2 Å². The van der Waals surface area contributed by atoms with Crippen LogP contribution in [-0.2, 0) is 16.9 Å². The molecule has 1 aliphatic rings. The van der Waals surface area contributed by atoms with Gasteiger partial charge in [0.15, 0.2) is 0 Å². The highest BCUT2D eigenvalue weighted by atomic mass is 32.2. The highest BCUT2D eigenvalue weighted by Crippen LogP contribution is 2.31. The van der Waals surface area contributed by atoms with Crippen molar-refractivity contribution in [3.63, 3.8) is 0 Å². The molecule has 0 saturated carbocycles. The molecule has 19 heavy (non-hydrogen) atoms. The van der Waals surface area contributed by atoms with E-state index in [0.29, 0.717) is 24.5 Å². The van der Waals surface area contributed by atoms with Crippen LogP contribution < -0.4 is 5.73 Å². The lowest BCUT2D eigenvalue weighted by Crippen LogP contribution is -2.26. The van der Waals surface area contributed by atoms with E-state index in [1.165, 1.54) is 4.90 Å². The second kappa shape index (κ2) is 5.71. The van der Waals surface area contributed by atoms with E-state index in [1.54, 1.807) is 6.26 Å². The molecule has 1 saturated heterocycles. The van der Waals surface area contributed by atoms with E-state index in [-0.39, 0.29) is 5.92 Å². The largest absolute Gasteiger partial charge is 0.616 e. The number of amides is 1. The van der Waals surface area contributed by atoms with Crippen LogP contribution in [0.2, 0.25) is 0 Å². The molecule has 0 aliphatic carbocycles. The first-order valence-corrected chi connectivity index (χ1v) is 7.86. The number of rotatable bonds is 3. The second-order valence-corrected chi connectivity index (χ2v) is 6.33. The molecular weight excluding hydrogens is 264 g/mol. The van der Waals surface area contributed by atoms with Crippen LogP contribution in [0.25, 0.3) is 0 Å². The molecular formula is C13H18N2O3S. The monoisotopic (exact) mass is 282 g/mol. The molecule has 6 heteroatoms. The Kier molecular flexibility index (Phi) is 4.21. The van der Waals surface area contributed by atoms with E-state index < -0.39 is 17.3 Å². The molecule has 2 atom stereocenters. The fourth-order valence-electron chi connectivity index (χ4n) is 2.56. The summed E-state index contributed by atoms with van der Waals surface area (Å²) < 4.78 is 11.4. The van der Waals surface area contributed by atoms with Gasteiger partial charge in [0.1, 0.15) is 5.75 Å². The molecule has 1 aromatic rings. The summed E-state index contributed by atoms with van der Waals surface area (Å²) in [6.07, 6.45) is 1.59. The van der Waals surface area contributed by atoms with Crippen LogP contribution in [0.1, 0.15) is 23.5 Å². The van der Waals surface area contributed by atoms with Crippen molar-refractivity contribution >= 4 is 23.0 Å². The molecule has 0 radical (unpaired) electrons. The van der Waals surface area contributed by atoms with Gasteiger partial charge < -0.3 is 20.3 Å². The number of benzene rings is 1. The van der Waals surface area contributed by atoms with Crippen molar-refractivity contribution < 1.29 is 14.5 Å². The van der Waals surface area contributed by atoms with Crippen LogP contribution in [0.3, 0.4) is 0 Å². The first kappa shape index (κ1) is 14.0.